The van der Waals surface area contributed by atoms with Crippen molar-refractivity contribution in [1.29, 1.82) is 0 Å². The molecule has 0 atom stereocenters. The van der Waals surface area contributed by atoms with Gasteiger partial charge in [-0.2, -0.15) is 4.73 Å². The zero-order valence-corrected chi connectivity index (χ0v) is 15.4. The van der Waals surface area contributed by atoms with Crippen LogP contribution in [0.2, 0.25) is 0 Å². The van der Waals surface area contributed by atoms with Crippen LogP contribution in [0.15, 0.2) is 71.5 Å². The Balaban J connectivity index is 1.89. The van der Waals surface area contributed by atoms with Gasteiger partial charge in [0, 0.05) is 6.07 Å². The van der Waals surface area contributed by atoms with Crippen LogP contribution in [0.4, 0.5) is 8.78 Å². The average Bonchev–Trinajstić information content (AvgIpc) is 2.71. The maximum Gasteiger partial charge on any atom is 0.357 e. The summed E-state index contributed by atoms with van der Waals surface area (Å²) in [6.45, 7) is 1.37. The molecule has 0 fully saturated rings. The van der Waals surface area contributed by atoms with Crippen molar-refractivity contribution in [1.82, 2.24) is 4.73 Å². The Morgan fingerprint density at radius 3 is 2.31 bits per heavy atom. The van der Waals surface area contributed by atoms with Crippen molar-refractivity contribution >= 4 is 11.0 Å². The van der Waals surface area contributed by atoms with Gasteiger partial charge in [0.15, 0.2) is 5.52 Å². The maximum atomic E-state index is 14.0. The largest absolute Gasteiger partial charge is 0.618 e. The molecule has 1 heterocycles. The van der Waals surface area contributed by atoms with Gasteiger partial charge in [-0.1, -0.05) is 35.9 Å². The van der Waals surface area contributed by atoms with Crippen LogP contribution in [0.5, 0.6) is 0 Å². The van der Waals surface area contributed by atoms with E-state index in [2.05, 4.69) is 0 Å². The minimum Gasteiger partial charge on any atom is -0.618 e. The van der Waals surface area contributed by atoms with Crippen LogP contribution in [0.25, 0.3) is 22.3 Å². The Hall–Kier alpha value is -3.74. The number of rotatable bonds is 4. The van der Waals surface area contributed by atoms with E-state index >= 15 is 0 Å². The lowest BCUT2D eigenvalue weighted by Crippen LogP contribution is -2.42. The number of hydrogen-bond acceptors (Lipinski definition) is 3. The van der Waals surface area contributed by atoms with Crippen molar-refractivity contribution in [2.45, 2.75) is 13.5 Å². The molecule has 4 rings (SSSR count). The van der Waals surface area contributed by atoms with E-state index in [1.807, 2.05) is 6.92 Å². The summed E-state index contributed by atoms with van der Waals surface area (Å²) in [5, 5.41) is 12.9. The van der Waals surface area contributed by atoms with Gasteiger partial charge in [-0.05, 0) is 37.3 Å². The highest BCUT2D eigenvalue weighted by atomic mass is 19.1. The lowest BCUT2D eigenvalue weighted by molar-refractivity contribution is -0.566. The number of nitrogens with zero attached hydrogens (tertiary/aromatic N) is 2. The second-order valence-electron chi connectivity index (χ2n) is 6.57. The van der Waals surface area contributed by atoms with Crippen LogP contribution in [-0.4, -0.2) is 4.73 Å². The topological polar surface area (TPSA) is 58.2 Å². The second-order valence-corrected chi connectivity index (χ2v) is 6.57. The fraction of sp³-hybridized carbons (Fsp3) is 0.0909. The number of fused-ring (bicyclic) bond motifs is 1. The molecule has 0 radical (unpaired) electrons. The number of para-hydroxylation sites is 2. The minimum absolute atomic E-state index is 0.141. The van der Waals surface area contributed by atoms with Crippen LogP contribution in [-0.2, 0) is 6.61 Å². The SMILES string of the molecule is Cc1ccc(-c2c(=O)n(OCc3c(F)cccc3F)c3ccccc3[n+]2[O-])cc1. The van der Waals surface area contributed by atoms with Gasteiger partial charge in [-0.3, -0.25) is 4.79 Å². The van der Waals surface area contributed by atoms with Gasteiger partial charge >= 0.3 is 5.56 Å². The Morgan fingerprint density at radius 1 is 0.966 bits per heavy atom. The third kappa shape index (κ3) is 3.31. The minimum atomic E-state index is -0.782. The fourth-order valence-corrected chi connectivity index (χ4v) is 3.10. The molecule has 4 aromatic rings. The van der Waals surface area contributed by atoms with E-state index in [-0.39, 0.29) is 22.3 Å². The summed E-state index contributed by atoms with van der Waals surface area (Å²) in [5.74, 6) is -1.56. The van der Waals surface area contributed by atoms with Crippen LogP contribution in [0.1, 0.15) is 11.1 Å². The van der Waals surface area contributed by atoms with Crippen molar-refractivity contribution in [3.63, 3.8) is 0 Å². The second kappa shape index (κ2) is 7.35. The van der Waals surface area contributed by atoms with E-state index in [9.17, 15) is 18.8 Å². The summed E-state index contributed by atoms with van der Waals surface area (Å²) in [6, 6.07) is 16.7. The van der Waals surface area contributed by atoms with E-state index in [4.69, 9.17) is 4.84 Å². The molecule has 1 aromatic heterocycles. The molecule has 0 bridgehead atoms. The molecule has 0 unspecified atom stereocenters. The molecule has 0 aliphatic carbocycles. The Morgan fingerprint density at radius 2 is 1.62 bits per heavy atom. The normalized spacial score (nSPS) is 11.0. The van der Waals surface area contributed by atoms with Crippen LogP contribution in [0.3, 0.4) is 0 Å². The smallest absolute Gasteiger partial charge is 0.357 e. The fourth-order valence-electron chi connectivity index (χ4n) is 3.10. The number of benzene rings is 3. The number of hydrogen-bond donors (Lipinski definition) is 0. The van der Waals surface area contributed by atoms with Gasteiger partial charge in [0.1, 0.15) is 18.2 Å². The molecule has 0 saturated heterocycles. The van der Waals surface area contributed by atoms with E-state index in [1.54, 1.807) is 42.5 Å². The van der Waals surface area contributed by atoms with Crippen molar-refractivity contribution in [2.24, 2.45) is 0 Å². The van der Waals surface area contributed by atoms with Crippen molar-refractivity contribution < 1.29 is 18.3 Å². The first-order valence-corrected chi connectivity index (χ1v) is 8.88. The van der Waals surface area contributed by atoms with E-state index in [1.165, 1.54) is 12.1 Å². The molecule has 0 saturated carbocycles. The zero-order chi connectivity index (χ0) is 20.5. The molecular formula is C22H16F2N2O3. The summed E-state index contributed by atoms with van der Waals surface area (Å²) < 4.78 is 29.4. The van der Waals surface area contributed by atoms with Gasteiger partial charge in [0.05, 0.1) is 11.1 Å². The monoisotopic (exact) mass is 394 g/mol. The molecule has 5 nitrogen and oxygen atoms in total. The standard InChI is InChI=1S/C22H16F2N2O3/c1-14-9-11-15(12-10-14)21-22(27)26(20-8-3-2-7-19(20)25(21)28)29-13-16-17(23)5-4-6-18(16)24/h2-12H,13H2,1H3. The highest BCUT2D eigenvalue weighted by Gasteiger charge is 2.23. The van der Waals surface area contributed by atoms with E-state index in [0.29, 0.717) is 10.3 Å². The van der Waals surface area contributed by atoms with Crippen LogP contribution in [0, 0.1) is 23.8 Å². The first kappa shape index (κ1) is 18.6. The quantitative estimate of drug-likeness (QED) is 0.393. The summed E-state index contributed by atoms with van der Waals surface area (Å²) in [7, 11) is 0. The van der Waals surface area contributed by atoms with Crippen molar-refractivity contribution in [2.75, 3.05) is 0 Å². The molecule has 0 aliphatic rings. The highest BCUT2D eigenvalue weighted by Crippen LogP contribution is 2.17. The Kier molecular flexibility index (Phi) is 4.72. The molecule has 29 heavy (non-hydrogen) atoms. The number of aryl methyl sites for hydroxylation is 1. The average molecular weight is 394 g/mol. The number of aromatic nitrogens is 2. The summed E-state index contributed by atoms with van der Waals surface area (Å²) >= 11 is 0. The van der Waals surface area contributed by atoms with Crippen molar-refractivity contribution in [3.05, 3.63) is 105 Å². The first-order chi connectivity index (χ1) is 14.0. The van der Waals surface area contributed by atoms with Crippen LogP contribution >= 0.6 is 0 Å². The number of halogens is 2. The predicted molar refractivity (Wildman–Crippen MR) is 104 cm³/mol. The molecule has 0 spiro atoms. The van der Waals surface area contributed by atoms with Gasteiger partial charge in [0.2, 0.25) is 5.52 Å². The molecule has 0 N–H and O–H groups in total. The maximum absolute atomic E-state index is 14.0. The molecule has 3 aromatic carbocycles. The van der Waals surface area contributed by atoms with Gasteiger partial charge in [0.25, 0.3) is 5.69 Å². The molecule has 7 heteroatoms. The van der Waals surface area contributed by atoms with Gasteiger partial charge < -0.3 is 10.0 Å². The van der Waals surface area contributed by atoms with Gasteiger partial charge in [-0.15, -0.1) is 4.73 Å². The molecular weight excluding hydrogens is 378 g/mol. The summed E-state index contributed by atoms with van der Waals surface area (Å²) in [6.07, 6.45) is 0. The predicted octanol–water partition coefficient (Wildman–Crippen LogP) is 3.52. The lowest BCUT2D eigenvalue weighted by Gasteiger charge is -2.14. The zero-order valence-electron chi connectivity index (χ0n) is 15.4. The third-order valence-corrected chi connectivity index (χ3v) is 4.63. The summed E-state index contributed by atoms with van der Waals surface area (Å²) in [4.78, 5) is 18.6. The lowest BCUT2D eigenvalue weighted by atomic mass is 10.1. The molecule has 146 valence electrons. The van der Waals surface area contributed by atoms with E-state index < -0.39 is 23.8 Å². The van der Waals surface area contributed by atoms with Crippen molar-refractivity contribution in [3.8, 4) is 11.3 Å². The first-order valence-electron chi connectivity index (χ1n) is 8.88. The Bertz CT molecular complexity index is 1250. The molecule has 0 amide bonds. The molecule has 0 aliphatic heterocycles. The summed E-state index contributed by atoms with van der Waals surface area (Å²) in [5.41, 5.74) is 0.599. The highest BCUT2D eigenvalue weighted by molar-refractivity contribution is 5.73. The third-order valence-electron chi connectivity index (χ3n) is 4.63. The Labute approximate surface area is 164 Å². The van der Waals surface area contributed by atoms with E-state index in [0.717, 1.165) is 22.4 Å². The van der Waals surface area contributed by atoms with Gasteiger partial charge in [-0.25, -0.2) is 8.78 Å². The van der Waals surface area contributed by atoms with Crippen LogP contribution < -0.4 is 15.1 Å².